The second-order valence-corrected chi connectivity index (χ2v) is 8.88. The molecule has 1 aromatic carbocycles. The second-order valence-electron chi connectivity index (χ2n) is 7.80. The molecule has 0 fully saturated rings. The quantitative estimate of drug-likeness (QED) is 0.669. The van der Waals surface area contributed by atoms with Crippen LogP contribution in [-0.4, -0.2) is 41.1 Å². The first kappa shape index (κ1) is 20.1. The van der Waals surface area contributed by atoms with E-state index in [4.69, 9.17) is 0 Å². The van der Waals surface area contributed by atoms with E-state index in [1.807, 2.05) is 19.0 Å². The number of nitrogens with one attached hydrogen (secondary N) is 1. The summed E-state index contributed by atoms with van der Waals surface area (Å²) in [5.74, 6) is -1.65. The average Bonchev–Trinajstić information content (AvgIpc) is 3.06. The fourth-order valence-electron chi connectivity index (χ4n) is 3.75. The first-order valence-electron chi connectivity index (χ1n) is 9.74. The van der Waals surface area contributed by atoms with Gasteiger partial charge in [-0.15, -0.1) is 11.3 Å². The van der Waals surface area contributed by atoms with E-state index < -0.39 is 11.6 Å². The largest absolute Gasteiger partial charge is 0.310 e. The minimum atomic E-state index is -0.829. The Morgan fingerprint density at radius 2 is 2.14 bits per heavy atom. The van der Waals surface area contributed by atoms with Gasteiger partial charge in [-0.3, -0.25) is 9.36 Å². The van der Waals surface area contributed by atoms with Gasteiger partial charge >= 0.3 is 0 Å². The van der Waals surface area contributed by atoms with Crippen LogP contribution in [0.5, 0.6) is 0 Å². The van der Waals surface area contributed by atoms with E-state index in [2.05, 4.69) is 10.3 Å². The van der Waals surface area contributed by atoms with Crippen molar-refractivity contribution < 1.29 is 8.78 Å². The van der Waals surface area contributed by atoms with E-state index in [1.54, 1.807) is 28.3 Å². The van der Waals surface area contributed by atoms with Crippen molar-refractivity contribution in [2.75, 3.05) is 20.6 Å². The van der Waals surface area contributed by atoms with Gasteiger partial charge in [-0.05, 0) is 56.6 Å². The summed E-state index contributed by atoms with van der Waals surface area (Å²) in [5.41, 5.74) is 1.90. The Hall–Kier alpha value is -2.16. The number of nitrogens with zero attached hydrogens (tertiary/aromatic N) is 3. The molecule has 0 amide bonds. The highest BCUT2D eigenvalue weighted by Crippen LogP contribution is 2.33. The van der Waals surface area contributed by atoms with Crippen LogP contribution in [-0.2, 0) is 25.9 Å². The number of hydrogen-bond donors (Lipinski definition) is 1. The highest BCUT2D eigenvalue weighted by Gasteiger charge is 2.25. The molecule has 8 heteroatoms. The molecule has 0 saturated carbocycles. The molecule has 0 saturated heterocycles. The van der Waals surface area contributed by atoms with Crippen molar-refractivity contribution in [3.05, 3.63) is 62.5 Å². The summed E-state index contributed by atoms with van der Waals surface area (Å²) in [7, 11) is 3.97. The molecule has 1 aliphatic rings. The lowest BCUT2D eigenvalue weighted by Crippen LogP contribution is -2.34. The van der Waals surface area contributed by atoms with E-state index >= 15 is 0 Å². The molecule has 1 N–H and O–H groups in total. The number of halogens is 2. The Morgan fingerprint density at radius 3 is 2.90 bits per heavy atom. The van der Waals surface area contributed by atoms with Gasteiger partial charge in [0, 0.05) is 30.6 Å². The van der Waals surface area contributed by atoms with Crippen LogP contribution >= 0.6 is 11.3 Å². The zero-order valence-electron chi connectivity index (χ0n) is 16.5. The van der Waals surface area contributed by atoms with Crippen molar-refractivity contribution >= 4 is 21.6 Å². The van der Waals surface area contributed by atoms with Crippen LogP contribution in [0.1, 0.15) is 22.4 Å². The van der Waals surface area contributed by atoms with Crippen molar-refractivity contribution in [2.24, 2.45) is 0 Å². The molecule has 154 valence electrons. The molecular formula is C21H24F2N4OS. The van der Waals surface area contributed by atoms with Gasteiger partial charge in [-0.2, -0.15) is 0 Å². The Bertz CT molecular complexity index is 1090. The Morgan fingerprint density at radius 1 is 1.31 bits per heavy atom. The smallest absolute Gasteiger partial charge is 0.262 e. The molecule has 0 unspecified atom stereocenters. The Balaban J connectivity index is 1.50. The number of likely N-dealkylation sites (N-methyl/N-ethyl adjacent to an activating group) is 1. The van der Waals surface area contributed by atoms with Crippen molar-refractivity contribution in [1.82, 2.24) is 19.8 Å². The molecular weight excluding hydrogens is 394 g/mol. The van der Waals surface area contributed by atoms with Gasteiger partial charge in [0.05, 0.1) is 11.7 Å². The molecule has 5 nitrogen and oxygen atoms in total. The maximum Gasteiger partial charge on any atom is 0.262 e. The van der Waals surface area contributed by atoms with E-state index in [9.17, 15) is 13.6 Å². The molecule has 29 heavy (non-hydrogen) atoms. The van der Waals surface area contributed by atoms with Crippen molar-refractivity contribution in [3.63, 3.8) is 0 Å². The maximum atomic E-state index is 13.4. The van der Waals surface area contributed by atoms with Gasteiger partial charge in [0.15, 0.2) is 11.6 Å². The molecule has 0 bridgehead atoms. The van der Waals surface area contributed by atoms with Crippen LogP contribution in [0.25, 0.3) is 10.2 Å². The van der Waals surface area contributed by atoms with E-state index in [1.165, 1.54) is 10.9 Å². The molecule has 0 spiro atoms. The van der Waals surface area contributed by atoms with Gasteiger partial charge < -0.3 is 10.2 Å². The monoisotopic (exact) mass is 418 g/mol. The number of rotatable bonds is 6. The van der Waals surface area contributed by atoms with Crippen LogP contribution in [0.3, 0.4) is 0 Å². The first-order valence-corrected chi connectivity index (χ1v) is 10.6. The van der Waals surface area contributed by atoms with Crippen LogP contribution in [0.15, 0.2) is 29.3 Å². The topological polar surface area (TPSA) is 50.2 Å². The lowest BCUT2D eigenvalue weighted by atomic mass is 9.93. The van der Waals surface area contributed by atoms with Gasteiger partial charge in [-0.1, -0.05) is 6.07 Å². The lowest BCUT2D eigenvalue weighted by Gasteiger charge is -2.23. The fraction of sp³-hybridized carbons (Fsp3) is 0.429. The molecule has 1 atom stereocenters. The Labute approximate surface area is 172 Å². The van der Waals surface area contributed by atoms with Gasteiger partial charge in [0.2, 0.25) is 0 Å². The molecule has 0 radical (unpaired) electrons. The minimum absolute atomic E-state index is 0.0440. The minimum Gasteiger partial charge on any atom is -0.310 e. The number of aryl methyl sites for hydroxylation is 1. The van der Waals surface area contributed by atoms with Crippen LogP contribution in [0, 0.1) is 11.6 Å². The van der Waals surface area contributed by atoms with E-state index in [-0.39, 0.29) is 11.6 Å². The summed E-state index contributed by atoms with van der Waals surface area (Å²) in [6.45, 7) is 1.89. The lowest BCUT2D eigenvalue weighted by molar-refractivity contribution is 0.380. The number of fused-ring (bicyclic) bond motifs is 3. The van der Waals surface area contributed by atoms with Crippen LogP contribution in [0.4, 0.5) is 8.78 Å². The third-order valence-corrected chi connectivity index (χ3v) is 6.57. The zero-order valence-corrected chi connectivity index (χ0v) is 17.4. The number of thiophene rings is 1. The number of aromatic nitrogens is 2. The molecule has 4 rings (SSSR count). The summed E-state index contributed by atoms with van der Waals surface area (Å²) >= 11 is 1.59. The molecule has 0 aliphatic heterocycles. The van der Waals surface area contributed by atoms with E-state index in [0.717, 1.165) is 53.2 Å². The van der Waals surface area contributed by atoms with Gasteiger partial charge in [0.1, 0.15) is 4.83 Å². The SMILES string of the molecule is CN(C)CCn1cnc2sc3c(c2c1=O)CC[C@H](NCc1ccc(F)c(F)c1)C3. The van der Waals surface area contributed by atoms with E-state index in [0.29, 0.717) is 13.1 Å². The average molecular weight is 419 g/mol. The fourth-order valence-corrected chi connectivity index (χ4v) is 5.01. The molecule has 2 heterocycles. The summed E-state index contributed by atoms with van der Waals surface area (Å²) in [5, 5.41) is 4.21. The predicted octanol–water partition coefficient (Wildman–Crippen LogP) is 2.94. The third-order valence-electron chi connectivity index (χ3n) is 5.40. The first-order chi connectivity index (χ1) is 13.9. The normalized spacial score (nSPS) is 16.5. The summed E-state index contributed by atoms with van der Waals surface area (Å²) in [4.78, 5) is 21.5. The third kappa shape index (κ3) is 4.24. The summed E-state index contributed by atoms with van der Waals surface area (Å²) in [6, 6.07) is 4.22. The number of benzene rings is 1. The van der Waals surface area contributed by atoms with Crippen molar-refractivity contribution in [3.8, 4) is 0 Å². The molecule has 1 aliphatic carbocycles. The second kappa shape index (κ2) is 8.30. The van der Waals surface area contributed by atoms with Crippen LogP contribution in [0.2, 0.25) is 0 Å². The highest BCUT2D eigenvalue weighted by atomic mass is 32.1. The summed E-state index contributed by atoms with van der Waals surface area (Å²) in [6.07, 6.45) is 4.18. The van der Waals surface area contributed by atoms with Crippen molar-refractivity contribution in [1.29, 1.82) is 0 Å². The standard InChI is InChI=1S/C21H24F2N4OS/c1-26(2)7-8-27-12-25-20-19(21(27)28)15-5-4-14(10-18(15)29-20)24-11-13-3-6-16(22)17(23)9-13/h3,6,9,12,14,24H,4-5,7-8,10-11H2,1-2H3/t14-/m0/s1. The zero-order chi connectivity index (χ0) is 20.5. The maximum absolute atomic E-state index is 13.4. The Kier molecular flexibility index (Phi) is 5.76. The highest BCUT2D eigenvalue weighted by molar-refractivity contribution is 7.18. The van der Waals surface area contributed by atoms with Gasteiger partial charge in [-0.25, -0.2) is 13.8 Å². The number of hydrogen-bond acceptors (Lipinski definition) is 5. The molecule has 3 aromatic rings. The van der Waals surface area contributed by atoms with Crippen LogP contribution < -0.4 is 10.9 Å². The summed E-state index contributed by atoms with van der Waals surface area (Å²) < 4.78 is 28.2. The molecule has 2 aromatic heterocycles. The van der Waals surface area contributed by atoms with Crippen molar-refractivity contribution in [2.45, 2.75) is 38.4 Å². The predicted molar refractivity (Wildman–Crippen MR) is 111 cm³/mol. The van der Waals surface area contributed by atoms with Gasteiger partial charge in [0.25, 0.3) is 5.56 Å².